The lowest BCUT2D eigenvalue weighted by Gasteiger charge is -2.29. The van der Waals surface area contributed by atoms with Crippen LogP contribution in [-0.4, -0.2) is 33.6 Å². The molecule has 0 aliphatic carbocycles. The molecule has 6 nitrogen and oxygen atoms in total. The van der Waals surface area contributed by atoms with Gasteiger partial charge in [0.15, 0.2) is 5.13 Å². The lowest BCUT2D eigenvalue weighted by molar-refractivity contribution is -0.121. The molecule has 4 rings (SSSR count). The van der Waals surface area contributed by atoms with Crippen molar-refractivity contribution in [2.75, 3.05) is 5.32 Å². The third-order valence-electron chi connectivity index (χ3n) is 5.43. The summed E-state index contributed by atoms with van der Waals surface area (Å²) in [6.45, 7) is 3.79. The molecule has 2 heterocycles. The van der Waals surface area contributed by atoms with Crippen LogP contribution in [0, 0.1) is 5.92 Å². The van der Waals surface area contributed by atoms with Crippen molar-refractivity contribution in [1.82, 2.24) is 9.88 Å². The molecule has 2 atom stereocenters. The van der Waals surface area contributed by atoms with Gasteiger partial charge in [0, 0.05) is 15.4 Å². The summed E-state index contributed by atoms with van der Waals surface area (Å²) in [4.78, 5) is 44.7. The van der Waals surface area contributed by atoms with E-state index in [1.165, 1.54) is 11.3 Å². The van der Waals surface area contributed by atoms with E-state index in [0.717, 1.165) is 20.6 Å². The first-order chi connectivity index (χ1) is 14.9. The van der Waals surface area contributed by atoms with Crippen LogP contribution in [-0.2, 0) is 4.79 Å². The minimum absolute atomic E-state index is 0.215. The third kappa shape index (κ3) is 4.05. The van der Waals surface area contributed by atoms with Crippen LogP contribution in [0.1, 0.15) is 41.0 Å². The fourth-order valence-electron chi connectivity index (χ4n) is 3.58. The predicted octanol–water partition coefficient (Wildman–Crippen LogP) is 5.22. The number of halogens is 1. The van der Waals surface area contributed by atoms with Gasteiger partial charge in [0.1, 0.15) is 6.04 Å². The van der Waals surface area contributed by atoms with Gasteiger partial charge in [-0.05, 0) is 30.2 Å². The van der Waals surface area contributed by atoms with E-state index in [2.05, 4.69) is 26.2 Å². The first kappa shape index (κ1) is 21.4. The summed E-state index contributed by atoms with van der Waals surface area (Å²) in [5.74, 6) is -1.50. The van der Waals surface area contributed by atoms with Gasteiger partial charge in [0.25, 0.3) is 11.8 Å². The zero-order valence-corrected chi connectivity index (χ0v) is 19.4. The molecule has 2 aromatic carbocycles. The second-order valence-corrected chi connectivity index (χ2v) is 9.16. The molecule has 0 radical (unpaired) electrons. The van der Waals surface area contributed by atoms with Crippen molar-refractivity contribution >= 4 is 50.1 Å². The van der Waals surface area contributed by atoms with Gasteiger partial charge in [-0.2, -0.15) is 0 Å². The lowest BCUT2D eigenvalue weighted by Crippen LogP contribution is -2.50. The van der Waals surface area contributed by atoms with Crippen molar-refractivity contribution in [3.8, 4) is 11.3 Å². The van der Waals surface area contributed by atoms with E-state index in [4.69, 9.17) is 0 Å². The number of rotatable bonds is 6. The summed E-state index contributed by atoms with van der Waals surface area (Å²) >= 11 is 4.71. The fraction of sp³-hybridized carbons (Fsp3) is 0.217. The molecule has 1 aliphatic rings. The number of carbonyl (C=O) groups is 3. The molecule has 8 heteroatoms. The quantitative estimate of drug-likeness (QED) is 0.473. The molecular formula is C23H20BrN3O3S. The fourth-order valence-corrected chi connectivity index (χ4v) is 4.56. The number of nitrogens with one attached hydrogen (secondary N) is 1. The summed E-state index contributed by atoms with van der Waals surface area (Å²) < 4.78 is 0.970. The Labute approximate surface area is 192 Å². The molecule has 0 spiro atoms. The molecule has 1 aliphatic heterocycles. The highest BCUT2D eigenvalue weighted by molar-refractivity contribution is 9.10. The second-order valence-electron chi connectivity index (χ2n) is 7.39. The van der Waals surface area contributed by atoms with Gasteiger partial charge < -0.3 is 5.32 Å². The highest BCUT2D eigenvalue weighted by atomic mass is 79.9. The first-order valence-electron chi connectivity index (χ1n) is 9.90. The number of carbonyl (C=O) groups excluding carboxylic acids is 3. The van der Waals surface area contributed by atoms with Gasteiger partial charge in [0.05, 0.1) is 16.8 Å². The van der Waals surface area contributed by atoms with Gasteiger partial charge in [-0.15, -0.1) is 11.3 Å². The van der Waals surface area contributed by atoms with Crippen molar-refractivity contribution in [2.24, 2.45) is 5.92 Å². The number of fused-ring (bicyclic) bond motifs is 1. The van der Waals surface area contributed by atoms with Crippen LogP contribution in [0.2, 0.25) is 0 Å². The van der Waals surface area contributed by atoms with Crippen molar-refractivity contribution in [1.29, 1.82) is 0 Å². The Kier molecular flexibility index (Phi) is 6.02. The van der Waals surface area contributed by atoms with Crippen LogP contribution < -0.4 is 5.32 Å². The summed E-state index contributed by atoms with van der Waals surface area (Å²) in [7, 11) is 0. The average Bonchev–Trinajstić information content (AvgIpc) is 3.33. The lowest BCUT2D eigenvalue weighted by atomic mass is 9.96. The smallest absolute Gasteiger partial charge is 0.262 e. The number of nitrogens with zero attached hydrogens (tertiary/aromatic N) is 2. The number of hydrogen-bond donors (Lipinski definition) is 1. The number of amides is 3. The van der Waals surface area contributed by atoms with E-state index in [1.807, 2.05) is 43.5 Å². The molecule has 0 saturated heterocycles. The molecule has 0 bridgehead atoms. The summed E-state index contributed by atoms with van der Waals surface area (Å²) in [5, 5.41) is 5.10. The topological polar surface area (TPSA) is 79.4 Å². The van der Waals surface area contributed by atoms with E-state index >= 15 is 0 Å². The van der Waals surface area contributed by atoms with Crippen molar-refractivity contribution < 1.29 is 14.4 Å². The zero-order chi connectivity index (χ0) is 22.1. The van der Waals surface area contributed by atoms with Gasteiger partial charge in [0.2, 0.25) is 5.91 Å². The summed E-state index contributed by atoms with van der Waals surface area (Å²) in [5.41, 5.74) is 2.34. The Balaban J connectivity index is 1.59. The van der Waals surface area contributed by atoms with Gasteiger partial charge in [-0.25, -0.2) is 4.98 Å². The van der Waals surface area contributed by atoms with E-state index in [9.17, 15) is 14.4 Å². The minimum Gasteiger partial charge on any atom is -0.300 e. The molecule has 1 aromatic heterocycles. The number of hydrogen-bond acceptors (Lipinski definition) is 5. The van der Waals surface area contributed by atoms with Crippen LogP contribution in [0.3, 0.4) is 0 Å². The maximum atomic E-state index is 13.2. The maximum absolute atomic E-state index is 13.2. The van der Waals surface area contributed by atoms with Crippen LogP contribution in [0.15, 0.2) is 58.4 Å². The highest BCUT2D eigenvalue weighted by Gasteiger charge is 2.44. The van der Waals surface area contributed by atoms with Gasteiger partial charge in [-0.3, -0.25) is 19.3 Å². The third-order valence-corrected chi connectivity index (χ3v) is 6.72. The summed E-state index contributed by atoms with van der Waals surface area (Å²) in [6.07, 6.45) is 0.632. The number of aromatic nitrogens is 1. The average molecular weight is 498 g/mol. The molecule has 31 heavy (non-hydrogen) atoms. The molecular weight excluding hydrogens is 478 g/mol. The van der Waals surface area contributed by atoms with Crippen molar-refractivity contribution in [3.63, 3.8) is 0 Å². The highest BCUT2D eigenvalue weighted by Crippen LogP contribution is 2.30. The van der Waals surface area contributed by atoms with Crippen LogP contribution >= 0.6 is 27.3 Å². The normalized spacial score (nSPS) is 15.0. The monoisotopic (exact) mass is 497 g/mol. The molecule has 0 unspecified atom stereocenters. The molecule has 3 aromatic rings. The van der Waals surface area contributed by atoms with Crippen molar-refractivity contribution in [3.05, 3.63) is 69.5 Å². The van der Waals surface area contributed by atoms with Gasteiger partial charge in [-0.1, -0.05) is 60.5 Å². The number of imide groups is 1. The second kappa shape index (κ2) is 8.72. The number of thiazole rings is 1. The molecule has 1 N–H and O–H groups in total. The maximum Gasteiger partial charge on any atom is 0.262 e. The minimum atomic E-state index is -0.919. The number of anilines is 1. The largest absolute Gasteiger partial charge is 0.300 e. The van der Waals surface area contributed by atoms with Crippen LogP contribution in [0.4, 0.5) is 5.13 Å². The number of benzene rings is 2. The summed E-state index contributed by atoms with van der Waals surface area (Å²) in [6, 6.07) is 13.5. The molecule has 158 valence electrons. The Morgan fingerprint density at radius 1 is 1.10 bits per heavy atom. The predicted molar refractivity (Wildman–Crippen MR) is 124 cm³/mol. The Bertz CT molecular complexity index is 1120. The molecule has 0 fully saturated rings. The van der Waals surface area contributed by atoms with E-state index in [0.29, 0.717) is 22.7 Å². The van der Waals surface area contributed by atoms with E-state index in [1.54, 1.807) is 24.3 Å². The van der Waals surface area contributed by atoms with Crippen LogP contribution in [0.5, 0.6) is 0 Å². The zero-order valence-electron chi connectivity index (χ0n) is 17.0. The first-order valence-corrected chi connectivity index (χ1v) is 11.6. The van der Waals surface area contributed by atoms with Gasteiger partial charge >= 0.3 is 0 Å². The van der Waals surface area contributed by atoms with E-state index < -0.39 is 23.8 Å². The Morgan fingerprint density at radius 2 is 1.71 bits per heavy atom. The van der Waals surface area contributed by atoms with Crippen molar-refractivity contribution in [2.45, 2.75) is 26.3 Å². The Hall–Kier alpha value is -2.84. The SMILES string of the molecule is CC[C@@H](C)[C@H](C(=O)Nc1nc(-c2ccc(Br)cc2)cs1)N1C(=O)c2ccccc2C1=O. The van der Waals surface area contributed by atoms with Crippen LogP contribution in [0.25, 0.3) is 11.3 Å². The molecule has 0 saturated carbocycles. The molecule has 3 amide bonds. The standard InChI is InChI=1S/C23H20BrN3O3S/c1-3-13(2)19(27-21(29)16-6-4-5-7-17(16)22(27)30)20(28)26-23-25-18(12-31-23)14-8-10-15(24)11-9-14/h4-13,19H,3H2,1-2H3,(H,25,26,28)/t13-,19-/m1/s1. The Morgan fingerprint density at radius 3 is 2.29 bits per heavy atom. The van der Waals surface area contributed by atoms with E-state index in [-0.39, 0.29) is 5.92 Å².